The van der Waals surface area contributed by atoms with Gasteiger partial charge in [0.05, 0.1) is 6.61 Å². The van der Waals surface area contributed by atoms with Crippen LogP contribution in [0, 0.1) is 0 Å². The smallest absolute Gasteiger partial charge is 0.332 e. The van der Waals surface area contributed by atoms with Crippen molar-refractivity contribution in [2.24, 2.45) is 0 Å². The van der Waals surface area contributed by atoms with Gasteiger partial charge in [0, 0.05) is 18.7 Å². The molecular formula is C20H24N2O6. The third kappa shape index (κ3) is 3.69. The van der Waals surface area contributed by atoms with Gasteiger partial charge in [-0.3, -0.25) is 9.59 Å². The number of carboxylic acid groups (broad SMARTS) is 1. The molecule has 150 valence electrons. The number of amides is 2. The Kier molecular flexibility index (Phi) is 5.21. The minimum Gasteiger partial charge on any atom is -0.493 e. The van der Waals surface area contributed by atoms with Gasteiger partial charge in [0.1, 0.15) is 17.9 Å². The number of aliphatic carboxylic acids is 1. The van der Waals surface area contributed by atoms with Crippen LogP contribution in [0.1, 0.15) is 37.7 Å². The Morgan fingerprint density at radius 2 is 1.93 bits per heavy atom. The Morgan fingerprint density at radius 3 is 2.71 bits per heavy atom. The summed E-state index contributed by atoms with van der Waals surface area (Å²) in [6.07, 6.45) is 2.03. The first-order chi connectivity index (χ1) is 13.5. The molecule has 28 heavy (non-hydrogen) atoms. The number of nitrogens with one attached hydrogen (secondary N) is 1. The van der Waals surface area contributed by atoms with Crippen LogP contribution in [-0.2, 0) is 25.5 Å². The largest absolute Gasteiger partial charge is 0.493 e. The second kappa shape index (κ2) is 7.79. The molecule has 0 aromatic heterocycles. The van der Waals surface area contributed by atoms with E-state index in [2.05, 4.69) is 5.32 Å². The van der Waals surface area contributed by atoms with E-state index in [0.717, 1.165) is 30.6 Å². The van der Waals surface area contributed by atoms with E-state index in [1.165, 1.54) is 0 Å². The molecule has 2 amide bonds. The second-order valence-corrected chi connectivity index (χ2v) is 7.48. The fraction of sp³-hybridized carbons (Fsp3) is 0.550. The zero-order valence-corrected chi connectivity index (χ0v) is 15.6. The molecule has 4 rings (SSSR count). The van der Waals surface area contributed by atoms with Gasteiger partial charge >= 0.3 is 5.97 Å². The summed E-state index contributed by atoms with van der Waals surface area (Å²) < 4.78 is 10.9. The van der Waals surface area contributed by atoms with E-state index in [-0.39, 0.29) is 11.8 Å². The van der Waals surface area contributed by atoms with E-state index in [0.29, 0.717) is 38.1 Å². The number of carbonyl (C=O) groups is 3. The predicted molar refractivity (Wildman–Crippen MR) is 99.2 cm³/mol. The molecule has 2 saturated heterocycles. The van der Waals surface area contributed by atoms with Crippen molar-refractivity contribution in [3.05, 3.63) is 23.8 Å². The maximum Gasteiger partial charge on any atom is 0.332 e. The van der Waals surface area contributed by atoms with Gasteiger partial charge in [-0.05, 0) is 55.9 Å². The fourth-order valence-corrected chi connectivity index (χ4v) is 4.14. The molecule has 0 saturated carbocycles. The Morgan fingerprint density at radius 1 is 1.11 bits per heavy atom. The zero-order valence-electron chi connectivity index (χ0n) is 15.6. The van der Waals surface area contributed by atoms with Crippen molar-refractivity contribution in [1.82, 2.24) is 4.90 Å². The van der Waals surface area contributed by atoms with Gasteiger partial charge in [0.15, 0.2) is 6.10 Å². The molecule has 3 aliphatic rings. The van der Waals surface area contributed by atoms with Gasteiger partial charge < -0.3 is 24.8 Å². The van der Waals surface area contributed by atoms with Crippen molar-refractivity contribution < 1.29 is 29.0 Å². The molecule has 3 aliphatic heterocycles. The summed E-state index contributed by atoms with van der Waals surface area (Å²) in [6.45, 7) is 1.13. The van der Waals surface area contributed by atoms with Crippen molar-refractivity contribution in [1.29, 1.82) is 0 Å². The first kappa shape index (κ1) is 18.7. The van der Waals surface area contributed by atoms with Crippen molar-refractivity contribution in [2.45, 2.75) is 56.8 Å². The highest BCUT2D eigenvalue weighted by Gasteiger charge is 2.41. The van der Waals surface area contributed by atoms with Gasteiger partial charge in [-0.25, -0.2) is 4.79 Å². The lowest BCUT2D eigenvalue weighted by atomic mass is 9.99. The van der Waals surface area contributed by atoms with E-state index >= 15 is 0 Å². The fourth-order valence-electron chi connectivity index (χ4n) is 4.14. The van der Waals surface area contributed by atoms with E-state index in [4.69, 9.17) is 14.6 Å². The molecule has 1 aromatic rings. The molecule has 1 aromatic carbocycles. The Balaban J connectivity index is 1.43. The number of hydrogen-bond donors (Lipinski definition) is 2. The Bertz CT molecular complexity index is 795. The number of rotatable bonds is 4. The third-order valence-corrected chi connectivity index (χ3v) is 5.62. The average molecular weight is 388 g/mol. The average Bonchev–Trinajstić information content (AvgIpc) is 3.36. The van der Waals surface area contributed by atoms with Crippen molar-refractivity contribution in [3.63, 3.8) is 0 Å². The van der Waals surface area contributed by atoms with E-state index < -0.39 is 24.2 Å². The molecule has 3 heterocycles. The van der Waals surface area contributed by atoms with Crippen LogP contribution in [0.25, 0.3) is 0 Å². The Hall–Kier alpha value is -2.61. The van der Waals surface area contributed by atoms with Crippen molar-refractivity contribution >= 4 is 23.5 Å². The lowest BCUT2D eigenvalue weighted by molar-refractivity contribution is -0.157. The SMILES string of the molecule is O=C(Nc1ccc2c(c1)CCO2)C1CCCCN1C(=O)[C@@H]1CC[C@H](C(=O)O)O1. The first-order valence-electron chi connectivity index (χ1n) is 9.78. The number of anilines is 1. The lowest BCUT2D eigenvalue weighted by Gasteiger charge is -2.36. The van der Waals surface area contributed by atoms with Crippen LogP contribution in [0.2, 0.25) is 0 Å². The number of hydrogen-bond acceptors (Lipinski definition) is 5. The molecule has 2 N–H and O–H groups in total. The minimum atomic E-state index is -1.05. The molecule has 8 nitrogen and oxygen atoms in total. The van der Waals surface area contributed by atoms with Crippen LogP contribution >= 0.6 is 0 Å². The van der Waals surface area contributed by atoms with Crippen molar-refractivity contribution in [2.75, 3.05) is 18.5 Å². The van der Waals surface area contributed by atoms with E-state index in [1.54, 1.807) is 11.0 Å². The topological polar surface area (TPSA) is 105 Å². The molecular weight excluding hydrogens is 364 g/mol. The number of ether oxygens (including phenoxy) is 2. The minimum absolute atomic E-state index is 0.223. The molecule has 1 unspecified atom stereocenters. The highest BCUT2D eigenvalue weighted by Crippen LogP contribution is 2.29. The van der Waals surface area contributed by atoms with E-state index in [1.807, 2.05) is 12.1 Å². The quantitative estimate of drug-likeness (QED) is 0.811. The molecule has 0 bridgehead atoms. The Labute approximate surface area is 162 Å². The number of likely N-dealkylation sites (tertiary alicyclic amines) is 1. The third-order valence-electron chi connectivity index (χ3n) is 5.62. The van der Waals surface area contributed by atoms with Crippen LogP contribution < -0.4 is 10.1 Å². The van der Waals surface area contributed by atoms with Crippen LogP contribution in [-0.4, -0.2) is 59.2 Å². The predicted octanol–water partition coefficient (Wildman–Crippen LogP) is 1.57. The van der Waals surface area contributed by atoms with Gasteiger partial charge in [0.2, 0.25) is 5.91 Å². The van der Waals surface area contributed by atoms with Gasteiger partial charge in [-0.1, -0.05) is 0 Å². The maximum absolute atomic E-state index is 12.9. The summed E-state index contributed by atoms with van der Waals surface area (Å²) in [6, 6.07) is 4.99. The monoisotopic (exact) mass is 388 g/mol. The van der Waals surface area contributed by atoms with Crippen LogP contribution in [0.5, 0.6) is 5.75 Å². The number of fused-ring (bicyclic) bond motifs is 1. The number of piperidine rings is 1. The number of carboxylic acids is 1. The summed E-state index contributed by atoms with van der Waals surface area (Å²) >= 11 is 0. The van der Waals surface area contributed by atoms with Crippen LogP contribution in [0.15, 0.2) is 18.2 Å². The molecule has 2 fully saturated rings. The molecule has 8 heteroatoms. The highest BCUT2D eigenvalue weighted by atomic mass is 16.5. The highest BCUT2D eigenvalue weighted by molar-refractivity contribution is 5.98. The van der Waals surface area contributed by atoms with Gasteiger partial charge in [-0.2, -0.15) is 0 Å². The summed E-state index contributed by atoms with van der Waals surface area (Å²) in [5, 5.41) is 12.0. The van der Waals surface area contributed by atoms with Crippen LogP contribution in [0.4, 0.5) is 5.69 Å². The molecule has 0 aliphatic carbocycles. The van der Waals surface area contributed by atoms with Crippen molar-refractivity contribution in [3.8, 4) is 5.75 Å². The number of carbonyl (C=O) groups excluding carboxylic acids is 2. The molecule has 0 radical (unpaired) electrons. The summed E-state index contributed by atoms with van der Waals surface area (Å²) in [5.41, 5.74) is 1.75. The second-order valence-electron chi connectivity index (χ2n) is 7.48. The first-order valence-corrected chi connectivity index (χ1v) is 9.78. The maximum atomic E-state index is 12.9. The summed E-state index contributed by atoms with van der Waals surface area (Å²) in [4.78, 5) is 38.4. The molecule has 3 atom stereocenters. The summed E-state index contributed by atoms with van der Waals surface area (Å²) in [5.74, 6) is -0.715. The van der Waals surface area contributed by atoms with Crippen LogP contribution in [0.3, 0.4) is 0 Å². The zero-order chi connectivity index (χ0) is 19.7. The van der Waals surface area contributed by atoms with Gasteiger partial charge in [0.25, 0.3) is 5.91 Å². The lowest BCUT2D eigenvalue weighted by Crippen LogP contribution is -2.53. The number of benzene rings is 1. The number of nitrogens with zero attached hydrogens (tertiary/aromatic N) is 1. The normalized spacial score (nSPS) is 26.4. The summed E-state index contributed by atoms with van der Waals surface area (Å²) in [7, 11) is 0. The van der Waals surface area contributed by atoms with Gasteiger partial charge in [-0.15, -0.1) is 0 Å². The standard InChI is InChI=1S/C20H24N2O6/c23-18(21-13-4-5-15-12(11-13)8-10-27-15)14-3-1-2-9-22(14)19(24)16-6-7-17(28-16)20(25)26/h4-5,11,14,16-17H,1-3,6-10H2,(H,21,23)(H,25,26)/t14?,16-,17+/m0/s1. The molecule has 0 spiro atoms. The van der Waals surface area contributed by atoms with E-state index in [9.17, 15) is 14.4 Å².